The van der Waals surface area contributed by atoms with E-state index in [1.807, 2.05) is 0 Å². The Balaban J connectivity index is 1.36. The fourth-order valence-corrected chi connectivity index (χ4v) is 3.50. The predicted octanol–water partition coefficient (Wildman–Crippen LogP) is 2.65. The van der Waals surface area contributed by atoms with Gasteiger partial charge in [-0.05, 0) is 18.4 Å². The van der Waals surface area contributed by atoms with E-state index in [0.29, 0.717) is 0 Å². The molecule has 5 heteroatoms. The summed E-state index contributed by atoms with van der Waals surface area (Å²) in [4.78, 5) is 13.8. The number of nitrogens with zero attached hydrogens (tertiary/aromatic N) is 4. The van der Waals surface area contributed by atoms with Gasteiger partial charge in [-0.3, -0.25) is 4.90 Å². The number of rotatable bonds is 4. The maximum atomic E-state index is 5.75. The quantitative estimate of drug-likeness (QED) is 0.865. The van der Waals surface area contributed by atoms with Crippen molar-refractivity contribution in [2.75, 3.05) is 37.7 Å². The molecule has 0 N–H and O–H groups in total. The van der Waals surface area contributed by atoms with Crippen molar-refractivity contribution in [1.82, 2.24) is 14.9 Å². The number of hydrogen-bond acceptors (Lipinski definition) is 5. The van der Waals surface area contributed by atoms with Gasteiger partial charge in [0.05, 0.1) is 11.8 Å². The highest BCUT2D eigenvalue weighted by molar-refractivity contribution is 5.40. The lowest BCUT2D eigenvalue weighted by Crippen LogP contribution is -2.46. The summed E-state index contributed by atoms with van der Waals surface area (Å²) in [6.45, 7) is 6.02. The monoisotopic (exact) mass is 324 g/mol. The van der Waals surface area contributed by atoms with Crippen LogP contribution in [0.3, 0.4) is 0 Å². The summed E-state index contributed by atoms with van der Waals surface area (Å²) in [7, 11) is 0. The summed E-state index contributed by atoms with van der Waals surface area (Å²) in [6, 6.07) is 12.8. The number of anilines is 1. The molecule has 3 heterocycles. The average Bonchev–Trinajstić information content (AvgIpc) is 3.18. The van der Waals surface area contributed by atoms with Crippen molar-refractivity contribution < 1.29 is 4.74 Å². The molecule has 1 atom stereocenters. The standard InChI is InChI=1S/C19H24N4O/c1-2-5-16(6-3-1)14-22-8-10-23(11-9-22)19-13-17(20-15-21-19)18-7-4-12-24-18/h1-3,5-6,13,15,18H,4,7-12,14H2. The Hall–Kier alpha value is -1.98. The van der Waals surface area contributed by atoms with Gasteiger partial charge < -0.3 is 9.64 Å². The smallest absolute Gasteiger partial charge is 0.132 e. The van der Waals surface area contributed by atoms with Gasteiger partial charge in [0.25, 0.3) is 0 Å². The first-order valence-electron chi connectivity index (χ1n) is 8.83. The zero-order valence-electron chi connectivity index (χ0n) is 14.0. The van der Waals surface area contributed by atoms with Gasteiger partial charge in [0, 0.05) is 45.4 Å². The lowest BCUT2D eigenvalue weighted by molar-refractivity contribution is 0.108. The van der Waals surface area contributed by atoms with Crippen LogP contribution >= 0.6 is 0 Å². The Morgan fingerprint density at radius 3 is 2.62 bits per heavy atom. The van der Waals surface area contributed by atoms with Crippen LogP contribution in [0.5, 0.6) is 0 Å². The molecule has 2 aliphatic rings. The first kappa shape index (κ1) is 15.5. The van der Waals surface area contributed by atoms with Crippen molar-refractivity contribution in [3.8, 4) is 0 Å². The van der Waals surface area contributed by atoms with Crippen LogP contribution in [0.15, 0.2) is 42.7 Å². The second-order valence-electron chi connectivity index (χ2n) is 6.55. The summed E-state index contributed by atoms with van der Waals surface area (Å²) in [5.74, 6) is 1.04. The average molecular weight is 324 g/mol. The highest BCUT2D eigenvalue weighted by Gasteiger charge is 2.22. The molecule has 2 aliphatic heterocycles. The molecule has 126 valence electrons. The predicted molar refractivity (Wildman–Crippen MR) is 93.9 cm³/mol. The van der Waals surface area contributed by atoms with Gasteiger partial charge in [0.15, 0.2) is 0 Å². The number of aromatic nitrogens is 2. The van der Waals surface area contributed by atoms with E-state index in [-0.39, 0.29) is 6.10 Å². The minimum atomic E-state index is 0.158. The molecule has 0 amide bonds. The van der Waals surface area contributed by atoms with Gasteiger partial charge in [-0.2, -0.15) is 0 Å². The van der Waals surface area contributed by atoms with Gasteiger partial charge in [0.2, 0.25) is 0 Å². The Kier molecular flexibility index (Phi) is 4.71. The SMILES string of the molecule is c1ccc(CN2CCN(c3cc(C4CCCO4)ncn3)CC2)cc1. The zero-order chi connectivity index (χ0) is 16.2. The highest BCUT2D eigenvalue weighted by Crippen LogP contribution is 2.28. The molecule has 2 saturated heterocycles. The molecule has 4 rings (SSSR count). The summed E-state index contributed by atoms with van der Waals surface area (Å²) < 4.78 is 5.75. The van der Waals surface area contributed by atoms with E-state index >= 15 is 0 Å². The Morgan fingerprint density at radius 1 is 1.04 bits per heavy atom. The minimum absolute atomic E-state index is 0.158. The lowest BCUT2D eigenvalue weighted by Gasteiger charge is -2.35. The third kappa shape index (κ3) is 3.57. The van der Waals surface area contributed by atoms with E-state index in [4.69, 9.17) is 4.74 Å². The maximum Gasteiger partial charge on any atom is 0.132 e. The minimum Gasteiger partial charge on any atom is -0.372 e. The first-order chi connectivity index (χ1) is 11.9. The normalized spacial score (nSPS) is 22.0. The Bertz CT molecular complexity index is 649. The first-order valence-corrected chi connectivity index (χ1v) is 8.83. The molecule has 0 bridgehead atoms. The number of benzene rings is 1. The van der Waals surface area contributed by atoms with Crippen LogP contribution in [0.1, 0.15) is 30.2 Å². The molecule has 1 unspecified atom stereocenters. The van der Waals surface area contributed by atoms with E-state index < -0.39 is 0 Å². The van der Waals surface area contributed by atoms with E-state index in [0.717, 1.165) is 63.7 Å². The molecular formula is C19H24N4O. The molecule has 0 aliphatic carbocycles. The molecule has 1 aromatic carbocycles. The molecule has 1 aromatic heterocycles. The van der Waals surface area contributed by atoms with Crippen LogP contribution in [0.2, 0.25) is 0 Å². The summed E-state index contributed by atoms with van der Waals surface area (Å²) in [5.41, 5.74) is 2.41. The Labute approximate surface area is 143 Å². The third-order valence-electron chi connectivity index (χ3n) is 4.88. The van der Waals surface area contributed by atoms with Gasteiger partial charge in [-0.1, -0.05) is 30.3 Å². The van der Waals surface area contributed by atoms with E-state index in [1.165, 1.54) is 5.56 Å². The van der Waals surface area contributed by atoms with Gasteiger partial charge in [0.1, 0.15) is 12.1 Å². The van der Waals surface area contributed by atoms with E-state index in [2.05, 4.69) is 56.2 Å². The highest BCUT2D eigenvalue weighted by atomic mass is 16.5. The molecule has 0 radical (unpaired) electrons. The van der Waals surface area contributed by atoms with Crippen LogP contribution in [0, 0.1) is 0 Å². The fraction of sp³-hybridized carbons (Fsp3) is 0.474. The molecule has 2 fully saturated rings. The second-order valence-corrected chi connectivity index (χ2v) is 6.55. The molecule has 0 spiro atoms. The summed E-state index contributed by atoms with van der Waals surface area (Å²) in [6.07, 6.45) is 4.04. The number of ether oxygens (including phenoxy) is 1. The summed E-state index contributed by atoms with van der Waals surface area (Å²) >= 11 is 0. The van der Waals surface area contributed by atoms with Gasteiger partial charge in [-0.15, -0.1) is 0 Å². The van der Waals surface area contributed by atoms with Crippen LogP contribution in [-0.4, -0.2) is 47.7 Å². The van der Waals surface area contributed by atoms with Crippen molar-refractivity contribution in [2.45, 2.75) is 25.5 Å². The number of piperazine rings is 1. The molecule has 5 nitrogen and oxygen atoms in total. The van der Waals surface area contributed by atoms with Crippen LogP contribution in [0.4, 0.5) is 5.82 Å². The van der Waals surface area contributed by atoms with Gasteiger partial charge in [-0.25, -0.2) is 9.97 Å². The fourth-order valence-electron chi connectivity index (χ4n) is 3.50. The van der Waals surface area contributed by atoms with E-state index in [9.17, 15) is 0 Å². The van der Waals surface area contributed by atoms with Crippen LogP contribution < -0.4 is 4.90 Å². The van der Waals surface area contributed by atoms with Crippen molar-refractivity contribution in [1.29, 1.82) is 0 Å². The zero-order valence-corrected chi connectivity index (χ0v) is 14.0. The van der Waals surface area contributed by atoms with Crippen molar-refractivity contribution in [3.63, 3.8) is 0 Å². The maximum absolute atomic E-state index is 5.75. The number of hydrogen-bond donors (Lipinski definition) is 0. The lowest BCUT2D eigenvalue weighted by atomic mass is 10.1. The van der Waals surface area contributed by atoms with Gasteiger partial charge >= 0.3 is 0 Å². The topological polar surface area (TPSA) is 41.5 Å². The molecule has 0 saturated carbocycles. The third-order valence-corrected chi connectivity index (χ3v) is 4.88. The molecule has 2 aromatic rings. The van der Waals surface area contributed by atoms with E-state index in [1.54, 1.807) is 6.33 Å². The van der Waals surface area contributed by atoms with Crippen molar-refractivity contribution in [3.05, 3.63) is 54.0 Å². The van der Waals surface area contributed by atoms with Crippen LogP contribution in [0.25, 0.3) is 0 Å². The largest absolute Gasteiger partial charge is 0.372 e. The van der Waals surface area contributed by atoms with Crippen molar-refractivity contribution in [2.24, 2.45) is 0 Å². The molecule has 24 heavy (non-hydrogen) atoms. The second kappa shape index (κ2) is 7.28. The Morgan fingerprint density at radius 2 is 1.88 bits per heavy atom. The van der Waals surface area contributed by atoms with Crippen LogP contribution in [-0.2, 0) is 11.3 Å². The summed E-state index contributed by atoms with van der Waals surface area (Å²) in [5, 5.41) is 0. The van der Waals surface area contributed by atoms with Crippen molar-refractivity contribution >= 4 is 5.82 Å². The molecular weight excluding hydrogens is 300 g/mol.